The summed E-state index contributed by atoms with van der Waals surface area (Å²) >= 11 is 1.76. The van der Waals surface area contributed by atoms with E-state index in [0.717, 1.165) is 30.0 Å². The molecule has 1 atom stereocenters. The van der Waals surface area contributed by atoms with E-state index in [9.17, 15) is 4.79 Å². The van der Waals surface area contributed by atoms with Crippen LogP contribution in [0.5, 0.6) is 0 Å². The smallest absolute Gasteiger partial charge is 0.228 e. The van der Waals surface area contributed by atoms with Crippen molar-refractivity contribution in [3.8, 4) is 0 Å². The van der Waals surface area contributed by atoms with Crippen molar-refractivity contribution in [1.29, 1.82) is 0 Å². The molecule has 0 bridgehead atoms. The molecule has 1 aliphatic rings. The number of hydrogen-bond acceptors (Lipinski definition) is 4. The Kier molecular flexibility index (Phi) is 4.01. The quantitative estimate of drug-likeness (QED) is 0.822. The second-order valence-corrected chi connectivity index (χ2v) is 5.79. The Labute approximate surface area is 121 Å². The lowest BCUT2D eigenvalue weighted by Crippen LogP contribution is -2.30. The summed E-state index contributed by atoms with van der Waals surface area (Å²) in [6.07, 6.45) is 3.17. The number of carbonyl (C=O) groups excluding carboxylic acids is 1. The fourth-order valence-electron chi connectivity index (χ4n) is 2.32. The van der Waals surface area contributed by atoms with Gasteiger partial charge in [0.1, 0.15) is 12.2 Å². The molecule has 0 saturated heterocycles. The van der Waals surface area contributed by atoms with E-state index in [1.54, 1.807) is 11.8 Å². The van der Waals surface area contributed by atoms with Gasteiger partial charge in [0.25, 0.3) is 0 Å². The SMILES string of the molecule is O=C(NCCCc1ncn[nH]1)C1CSc2ccccc21. The molecule has 20 heavy (non-hydrogen) atoms. The third-order valence-corrected chi connectivity index (χ3v) is 4.55. The molecule has 1 aromatic carbocycles. The molecule has 1 amide bonds. The Hall–Kier alpha value is -1.82. The number of benzene rings is 1. The van der Waals surface area contributed by atoms with Gasteiger partial charge >= 0.3 is 0 Å². The highest BCUT2D eigenvalue weighted by molar-refractivity contribution is 7.99. The van der Waals surface area contributed by atoms with Crippen LogP contribution < -0.4 is 5.32 Å². The predicted octanol–water partition coefficient (Wildman–Crippen LogP) is 1.74. The van der Waals surface area contributed by atoms with Crippen molar-refractivity contribution in [2.24, 2.45) is 0 Å². The van der Waals surface area contributed by atoms with Crippen molar-refractivity contribution in [2.45, 2.75) is 23.7 Å². The molecule has 1 aromatic heterocycles. The number of nitrogens with one attached hydrogen (secondary N) is 2. The number of hydrogen-bond donors (Lipinski definition) is 2. The van der Waals surface area contributed by atoms with Crippen LogP contribution >= 0.6 is 11.8 Å². The minimum Gasteiger partial charge on any atom is -0.356 e. The van der Waals surface area contributed by atoms with Gasteiger partial charge in [-0.3, -0.25) is 9.89 Å². The van der Waals surface area contributed by atoms with Gasteiger partial charge in [-0.1, -0.05) is 18.2 Å². The summed E-state index contributed by atoms with van der Waals surface area (Å²) < 4.78 is 0. The van der Waals surface area contributed by atoms with Gasteiger partial charge in [-0.25, -0.2) is 4.98 Å². The van der Waals surface area contributed by atoms with Crippen LogP contribution in [-0.4, -0.2) is 33.4 Å². The first-order chi connectivity index (χ1) is 9.84. The minimum absolute atomic E-state index is 0.0125. The maximum Gasteiger partial charge on any atom is 0.228 e. The Morgan fingerprint density at radius 2 is 2.35 bits per heavy atom. The molecule has 5 nitrogen and oxygen atoms in total. The van der Waals surface area contributed by atoms with Crippen LogP contribution in [0.1, 0.15) is 23.7 Å². The van der Waals surface area contributed by atoms with Crippen LogP contribution in [-0.2, 0) is 11.2 Å². The second kappa shape index (κ2) is 6.09. The van der Waals surface area contributed by atoms with Crippen LogP contribution in [0.2, 0.25) is 0 Å². The number of nitrogens with zero attached hydrogens (tertiary/aromatic N) is 2. The predicted molar refractivity (Wildman–Crippen MR) is 77.6 cm³/mol. The molecule has 104 valence electrons. The van der Waals surface area contributed by atoms with E-state index in [4.69, 9.17) is 0 Å². The molecular formula is C14H16N4OS. The summed E-state index contributed by atoms with van der Waals surface area (Å²) in [4.78, 5) is 17.5. The number of H-pyrrole nitrogens is 1. The highest BCUT2D eigenvalue weighted by Crippen LogP contribution is 2.39. The Bertz CT molecular complexity index is 585. The summed E-state index contributed by atoms with van der Waals surface area (Å²) in [5.74, 6) is 1.82. The van der Waals surface area contributed by atoms with E-state index in [1.165, 1.54) is 11.2 Å². The number of thioether (sulfide) groups is 1. The Morgan fingerprint density at radius 1 is 1.45 bits per heavy atom. The van der Waals surface area contributed by atoms with E-state index in [1.807, 2.05) is 18.2 Å². The molecule has 6 heteroatoms. The zero-order valence-corrected chi connectivity index (χ0v) is 11.8. The first-order valence-electron chi connectivity index (χ1n) is 6.68. The highest BCUT2D eigenvalue weighted by Gasteiger charge is 2.28. The van der Waals surface area contributed by atoms with Gasteiger partial charge < -0.3 is 5.32 Å². The Balaban J connectivity index is 1.48. The van der Waals surface area contributed by atoms with E-state index < -0.39 is 0 Å². The first kappa shape index (κ1) is 13.2. The molecule has 0 spiro atoms. The van der Waals surface area contributed by atoms with Crippen molar-refractivity contribution >= 4 is 17.7 Å². The van der Waals surface area contributed by atoms with E-state index >= 15 is 0 Å². The average molecular weight is 288 g/mol. The number of aromatic nitrogens is 3. The maximum absolute atomic E-state index is 12.2. The second-order valence-electron chi connectivity index (χ2n) is 4.73. The molecule has 2 heterocycles. The van der Waals surface area contributed by atoms with Crippen molar-refractivity contribution < 1.29 is 4.79 Å². The number of carbonyl (C=O) groups is 1. The van der Waals surface area contributed by atoms with Crippen LogP contribution in [0.25, 0.3) is 0 Å². The Morgan fingerprint density at radius 3 is 3.20 bits per heavy atom. The zero-order valence-electron chi connectivity index (χ0n) is 11.0. The monoisotopic (exact) mass is 288 g/mol. The molecule has 2 N–H and O–H groups in total. The van der Waals surface area contributed by atoms with Crippen molar-refractivity contribution in [3.05, 3.63) is 42.0 Å². The normalized spacial score (nSPS) is 16.9. The lowest BCUT2D eigenvalue weighted by Gasteiger charge is -2.11. The average Bonchev–Trinajstić information content (AvgIpc) is 3.12. The molecule has 3 rings (SSSR count). The van der Waals surface area contributed by atoms with Crippen molar-refractivity contribution in [1.82, 2.24) is 20.5 Å². The lowest BCUT2D eigenvalue weighted by molar-refractivity contribution is -0.122. The fourth-order valence-corrected chi connectivity index (χ4v) is 3.55. The number of amides is 1. The number of rotatable bonds is 5. The van der Waals surface area contributed by atoms with Gasteiger partial charge in [0.2, 0.25) is 5.91 Å². The van der Waals surface area contributed by atoms with E-state index in [2.05, 4.69) is 26.6 Å². The molecule has 0 aliphatic carbocycles. The molecule has 0 fully saturated rings. The van der Waals surface area contributed by atoms with Gasteiger partial charge in [-0.15, -0.1) is 11.8 Å². The van der Waals surface area contributed by atoms with Crippen LogP contribution in [0, 0.1) is 0 Å². The molecule has 1 aliphatic heterocycles. The van der Waals surface area contributed by atoms with Crippen LogP contribution in [0.4, 0.5) is 0 Å². The van der Waals surface area contributed by atoms with Crippen molar-refractivity contribution in [2.75, 3.05) is 12.3 Å². The third-order valence-electron chi connectivity index (χ3n) is 3.37. The van der Waals surface area contributed by atoms with Gasteiger partial charge in [0.15, 0.2) is 0 Å². The minimum atomic E-state index is -0.0125. The van der Waals surface area contributed by atoms with Crippen LogP contribution in [0.3, 0.4) is 0 Å². The fraction of sp³-hybridized carbons (Fsp3) is 0.357. The topological polar surface area (TPSA) is 70.7 Å². The largest absolute Gasteiger partial charge is 0.356 e. The van der Waals surface area contributed by atoms with Gasteiger partial charge in [0, 0.05) is 23.6 Å². The molecule has 1 unspecified atom stereocenters. The summed E-state index contributed by atoms with van der Waals surface area (Å²) in [6, 6.07) is 8.14. The number of aromatic amines is 1. The summed E-state index contributed by atoms with van der Waals surface area (Å²) in [5, 5.41) is 9.63. The highest BCUT2D eigenvalue weighted by atomic mass is 32.2. The van der Waals surface area contributed by atoms with E-state index in [-0.39, 0.29) is 11.8 Å². The molecular weight excluding hydrogens is 272 g/mol. The molecule has 0 radical (unpaired) electrons. The first-order valence-corrected chi connectivity index (χ1v) is 7.67. The van der Waals surface area contributed by atoms with Gasteiger partial charge in [-0.2, -0.15) is 5.10 Å². The van der Waals surface area contributed by atoms with Crippen molar-refractivity contribution in [3.63, 3.8) is 0 Å². The summed E-state index contributed by atoms with van der Waals surface area (Å²) in [7, 11) is 0. The standard InChI is InChI=1S/C14H16N4OS/c19-14(15-7-3-6-13-16-9-17-18-13)11-8-20-12-5-2-1-4-10(11)12/h1-2,4-5,9,11H,3,6-8H2,(H,15,19)(H,16,17,18). The van der Waals surface area contributed by atoms with Gasteiger partial charge in [-0.05, 0) is 18.1 Å². The zero-order chi connectivity index (χ0) is 13.8. The summed E-state index contributed by atoms with van der Waals surface area (Å²) in [5.41, 5.74) is 1.16. The van der Waals surface area contributed by atoms with Crippen LogP contribution in [0.15, 0.2) is 35.5 Å². The number of fused-ring (bicyclic) bond motifs is 1. The summed E-state index contributed by atoms with van der Waals surface area (Å²) in [6.45, 7) is 0.670. The number of aryl methyl sites for hydroxylation is 1. The maximum atomic E-state index is 12.2. The molecule has 0 saturated carbocycles. The van der Waals surface area contributed by atoms with E-state index in [0.29, 0.717) is 6.54 Å². The molecule has 2 aromatic rings. The lowest BCUT2D eigenvalue weighted by atomic mass is 10.0. The third kappa shape index (κ3) is 2.85. The van der Waals surface area contributed by atoms with Gasteiger partial charge in [0.05, 0.1) is 5.92 Å².